The summed E-state index contributed by atoms with van der Waals surface area (Å²) in [5.41, 5.74) is 0. The van der Waals surface area contributed by atoms with Crippen LogP contribution in [0.2, 0.25) is 0 Å². The first kappa shape index (κ1) is 28.3. The number of unbranched alkanes of at least 4 members (excludes halogenated alkanes) is 9. The van der Waals surface area contributed by atoms with Crippen LogP contribution in [0.4, 0.5) is 0 Å². The van der Waals surface area contributed by atoms with Crippen molar-refractivity contribution in [2.45, 2.75) is 96.8 Å². The maximum absolute atomic E-state index is 10.5. The van der Waals surface area contributed by atoms with Crippen LogP contribution in [0.25, 0.3) is 0 Å². The molecule has 6 heteroatoms. The van der Waals surface area contributed by atoms with Crippen molar-refractivity contribution in [2.75, 3.05) is 0 Å². The molecule has 0 rings (SSSR count). The summed E-state index contributed by atoms with van der Waals surface area (Å²) in [5.74, 6) is -0.839. The third-order valence-corrected chi connectivity index (χ3v) is 4.19. The second-order valence-corrected chi connectivity index (χ2v) is 6.51. The minimum atomic E-state index is -0.685. The molecule has 0 aliphatic carbocycles. The monoisotopic (exact) mass is 386 g/mol. The Morgan fingerprint density at radius 1 is 0.625 bits per heavy atom. The highest BCUT2D eigenvalue weighted by Gasteiger charge is 2.05. The number of carboxylic acids is 2. The summed E-state index contributed by atoms with van der Waals surface area (Å²) in [4.78, 5) is 20.8. The molecule has 2 N–H and O–H groups in total. The average molecular weight is 387 g/mol. The Morgan fingerprint density at radius 3 is 1.42 bits per heavy atom. The summed E-state index contributed by atoms with van der Waals surface area (Å²) < 4.78 is 0. The van der Waals surface area contributed by atoms with Gasteiger partial charge in [-0.15, -0.1) is 24.8 Å². The molecule has 0 bridgehead atoms. The van der Waals surface area contributed by atoms with Gasteiger partial charge in [0.2, 0.25) is 0 Å². The van der Waals surface area contributed by atoms with Crippen molar-refractivity contribution in [1.29, 1.82) is 0 Å². The van der Waals surface area contributed by atoms with Crippen molar-refractivity contribution in [3.8, 4) is 0 Å². The first-order valence-electron chi connectivity index (χ1n) is 8.96. The lowest BCUT2D eigenvalue weighted by atomic mass is 9.97. The Labute approximate surface area is 159 Å². The molecule has 0 spiro atoms. The number of hydrogen-bond donors (Lipinski definition) is 2. The molecule has 4 nitrogen and oxygen atoms in total. The van der Waals surface area contributed by atoms with E-state index in [1.165, 1.54) is 44.9 Å². The van der Waals surface area contributed by atoms with Crippen LogP contribution in [-0.2, 0) is 9.59 Å². The van der Waals surface area contributed by atoms with Crippen LogP contribution < -0.4 is 0 Å². The Balaban J connectivity index is -0.00000220. The maximum Gasteiger partial charge on any atom is 0.303 e. The van der Waals surface area contributed by atoms with Gasteiger partial charge >= 0.3 is 11.9 Å². The van der Waals surface area contributed by atoms with Gasteiger partial charge in [0, 0.05) is 12.8 Å². The lowest BCUT2D eigenvalue weighted by Crippen LogP contribution is -2.01. The summed E-state index contributed by atoms with van der Waals surface area (Å²) in [6, 6.07) is 0. The fourth-order valence-electron chi connectivity index (χ4n) is 2.70. The molecule has 0 saturated heterocycles. The van der Waals surface area contributed by atoms with E-state index in [1.54, 1.807) is 0 Å². The van der Waals surface area contributed by atoms with Crippen LogP contribution in [0.3, 0.4) is 0 Å². The number of hydrogen-bond acceptors (Lipinski definition) is 2. The van der Waals surface area contributed by atoms with Gasteiger partial charge in [0.1, 0.15) is 0 Å². The van der Waals surface area contributed by atoms with E-state index in [9.17, 15) is 9.59 Å². The van der Waals surface area contributed by atoms with Gasteiger partial charge < -0.3 is 10.2 Å². The van der Waals surface area contributed by atoms with Crippen molar-refractivity contribution >= 4 is 36.8 Å². The van der Waals surface area contributed by atoms with E-state index in [0.717, 1.165) is 32.1 Å². The van der Waals surface area contributed by atoms with Crippen LogP contribution in [0.15, 0.2) is 0 Å². The predicted octanol–water partition coefficient (Wildman–Crippen LogP) is 6.10. The molecule has 0 radical (unpaired) electrons. The highest BCUT2D eigenvalue weighted by Crippen LogP contribution is 2.16. The molecule has 0 aromatic carbocycles. The molecule has 0 aliphatic rings. The highest BCUT2D eigenvalue weighted by molar-refractivity contribution is 5.85. The second kappa shape index (κ2) is 20.6. The smallest absolute Gasteiger partial charge is 0.303 e. The zero-order chi connectivity index (χ0) is 16.6. The highest BCUT2D eigenvalue weighted by atomic mass is 35.5. The fourth-order valence-corrected chi connectivity index (χ4v) is 2.70. The largest absolute Gasteiger partial charge is 0.481 e. The molecule has 0 saturated carbocycles. The molecule has 0 amide bonds. The van der Waals surface area contributed by atoms with Crippen molar-refractivity contribution in [1.82, 2.24) is 0 Å². The molecular formula is C18H36Cl2O4. The number of aliphatic carboxylic acids is 2. The van der Waals surface area contributed by atoms with Gasteiger partial charge in [-0.3, -0.25) is 9.59 Å². The quantitative estimate of drug-likeness (QED) is 0.314. The number of carbonyl (C=O) groups is 2. The molecular weight excluding hydrogens is 351 g/mol. The van der Waals surface area contributed by atoms with E-state index in [1.807, 2.05) is 0 Å². The lowest BCUT2D eigenvalue weighted by Gasteiger charge is -2.09. The summed E-state index contributed by atoms with van der Waals surface area (Å²) in [6.07, 6.45) is 14.4. The summed E-state index contributed by atoms with van der Waals surface area (Å²) in [7, 11) is 0. The summed E-state index contributed by atoms with van der Waals surface area (Å²) in [6.45, 7) is 2.15. The molecule has 0 heterocycles. The van der Waals surface area contributed by atoms with Crippen molar-refractivity contribution in [2.24, 2.45) is 5.92 Å². The molecule has 24 heavy (non-hydrogen) atoms. The maximum atomic E-state index is 10.5. The summed E-state index contributed by atoms with van der Waals surface area (Å²) >= 11 is 0. The molecule has 0 aromatic rings. The Bertz CT molecular complexity index is 299. The van der Waals surface area contributed by atoms with Gasteiger partial charge in [0.25, 0.3) is 0 Å². The van der Waals surface area contributed by atoms with Gasteiger partial charge in [-0.05, 0) is 18.8 Å². The SMILES string of the molecule is CC(CCCCCCCCCCCCC(=O)O)CCC(=O)O.Cl.Cl. The predicted molar refractivity (Wildman–Crippen MR) is 104 cm³/mol. The Morgan fingerprint density at radius 2 is 1.00 bits per heavy atom. The van der Waals surface area contributed by atoms with E-state index in [0.29, 0.717) is 18.8 Å². The molecule has 1 atom stereocenters. The first-order valence-corrected chi connectivity index (χ1v) is 8.96. The third-order valence-electron chi connectivity index (χ3n) is 4.19. The fraction of sp³-hybridized carbons (Fsp3) is 0.889. The van der Waals surface area contributed by atoms with E-state index in [2.05, 4.69) is 6.92 Å². The van der Waals surface area contributed by atoms with Gasteiger partial charge in [0.05, 0.1) is 0 Å². The Kier molecular flexibility index (Phi) is 24.3. The first-order chi connectivity index (χ1) is 10.5. The number of rotatable bonds is 16. The van der Waals surface area contributed by atoms with Crippen LogP contribution >= 0.6 is 24.8 Å². The molecule has 146 valence electrons. The van der Waals surface area contributed by atoms with Crippen LogP contribution in [0, 0.1) is 5.92 Å². The zero-order valence-electron chi connectivity index (χ0n) is 15.0. The minimum Gasteiger partial charge on any atom is -0.481 e. The van der Waals surface area contributed by atoms with Crippen LogP contribution in [-0.4, -0.2) is 22.2 Å². The van der Waals surface area contributed by atoms with Crippen molar-refractivity contribution in [3.05, 3.63) is 0 Å². The third kappa shape index (κ3) is 23.8. The van der Waals surface area contributed by atoms with Gasteiger partial charge in [-0.1, -0.05) is 71.1 Å². The topological polar surface area (TPSA) is 74.6 Å². The second-order valence-electron chi connectivity index (χ2n) is 6.51. The van der Waals surface area contributed by atoms with Gasteiger partial charge in [-0.2, -0.15) is 0 Å². The number of carboxylic acid groups (broad SMARTS) is 2. The van der Waals surface area contributed by atoms with Gasteiger partial charge in [-0.25, -0.2) is 0 Å². The molecule has 0 aromatic heterocycles. The molecule has 0 fully saturated rings. The van der Waals surface area contributed by atoms with Crippen LogP contribution in [0.1, 0.15) is 96.8 Å². The Hall–Kier alpha value is -0.480. The van der Waals surface area contributed by atoms with Gasteiger partial charge in [0.15, 0.2) is 0 Å². The van der Waals surface area contributed by atoms with Crippen LogP contribution in [0.5, 0.6) is 0 Å². The van der Waals surface area contributed by atoms with Crippen molar-refractivity contribution < 1.29 is 19.8 Å². The van der Waals surface area contributed by atoms with E-state index >= 15 is 0 Å². The van der Waals surface area contributed by atoms with E-state index in [-0.39, 0.29) is 24.8 Å². The lowest BCUT2D eigenvalue weighted by molar-refractivity contribution is -0.138. The van der Waals surface area contributed by atoms with Crippen molar-refractivity contribution in [3.63, 3.8) is 0 Å². The zero-order valence-corrected chi connectivity index (χ0v) is 16.6. The normalized spacial score (nSPS) is 11.2. The molecule has 0 aliphatic heterocycles. The standard InChI is InChI=1S/C18H34O4.2ClH/c1-16(14-15-18(21)22)12-10-8-6-4-2-3-5-7-9-11-13-17(19)20;;/h16H,2-15H2,1H3,(H,19,20)(H,21,22);2*1H. The molecule has 1 unspecified atom stereocenters. The average Bonchev–Trinajstić information content (AvgIpc) is 2.45. The van der Waals surface area contributed by atoms with E-state index < -0.39 is 11.9 Å². The summed E-state index contributed by atoms with van der Waals surface area (Å²) in [5, 5.41) is 17.1. The minimum absolute atomic E-state index is 0. The van der Waals surface area contributed by atoms with E-state index in [4.69, 9.17) is 10.2 Å². The number of halogens is 2.